The van der Waals surface area contributed by atoms with Crippen molar-refractivity contribution in [3.05, 3.63) is 57.7 Å². The Morgan fingerprint density at radius 1 is 1.24 bits per heavy atom. The molecule has 7 heteroatoms. The maximum absolute atomic E-state index is 11.7. The molecule has 0 bridgehead atoms. The van der Waals surface area contributed by atoms with E-state index in [0.29, 0.717) is 23.2 Å². The zero-order valence-electron chi connectivity index (χ0n) is 10.8. The summed E-state index contributed by atoms with van der Waals surface area (Å²) in [4.78, 5) is 26.3. The molecule has 0 fully saturated rings. The molecule has 1 heterocycles. The van der Waals surface area contributed by atoms with Crippen molar-refractivity contribution >= 4 is 28.8 Å². The van der Waals surface area contributed by atoms with E-state index in [2.05, 4.69) is 4.98 Å². The van der Waals surface area contributed by atoms with Gasteiger partial charge in [0, 0.05) is 23.6 Å². The minimum Gasteiger partial charge on any atom is -0.502 e. The standard InChI is InChI=1S/C14H12N2O4S/c15-9-3-1-8(2-4-9)5-13-16-10(7-21-13)11(17)6-12(18)14(19)20/h1-4,6-7,18H,5,15H2,(H,19,20). The maximum Gasteiger partial charge on any atom is 0.371 e. The first-order valence-electron chi connectivity index (χ1n) is 5.93. The number of carbonyl (C=O) groups is 2. The summed E-state index contributed by atoms with van der Waals surface area (Å²) in [5, 5.41) is 19.8. The van der Waals surface area contributed by atoms with Gasteiger partial charge in [0.05, 0.1) is 5.01 Å². The second-order valence-corrected chi connectivity index (χ2v) is 5.19. The van der Waals surface area contributed by atoms with Gasteiger partial charge in [-0.25, -0.2) is 9.78 Å². The molecule has 1 aromatic heterocycles. The van der Waals surface area contributed by atoms with Crippen molar-refractivity contribution in [1.82, 2.24) is 4.98 Å². The van der Waals surface area contributed by atoms with Crippen molar-refractivity contribution in [3.8, 4) is 0 Å². The zero-order chi connectivity index (χ0) is 15.4. The SMILES string of the molecule is Nc1ccc(Cc2nc(C(=O)C=C(O)C(=O)O)cs2)cc1. The summed E-state index contributed by atoms with van der Waals surface area (Å²) in [7, 11) is 0. The topological polar surface area (TPSA) is 114 Å². The summed E-state index contributed by atoms with van der Waals surface area (Å²) >= 11 is 1.29. The molecule has 0 radical (unpaired) electrons. The Morgan fingerprint density at radius 2 is 1.90 bits per heavy atom. The summed E-state index contributed by atoms with van der Waals surface area (Å²) < 4.78 is 0. The normalized spacial score (nSPS) is 11.3. The van der Waals surface area contributed by atoms with Crippen LogP contribution in [0.2, 0.25) is 0 Å². The molecular formula is C14H12N2O4S. The highest BCUT2D eigenvalue weighted by molar-refractivity contribution is 7.09. The van der Waals surface area contributed by atoms with Crippen LogP contribution in [-0.4, -0.2) is 26.9 Å². The van der Waals surface area contributed by atoms with Crippen molar-refractivity contribution in [2.24, 2.45) is 0 Å². The number of allylic oxidation sites excluding steroid dienone is 1. The smallest absolute Gasteiger partial charge is 0.371 e. The van der Waals surface area contributed by atoms with Crippen LogP contribution in [0.4, 0.5) is 5.69 Å². The Balaban J connectivity index is 2.11. The molecule has 0 aliphatic rings. The van der Waals surface area contributed by atoms with E-state index in [4.69, 9.17) is 15.9 Å². The van der Waals surface area contributed by atoms with E-state index in [1.807, 2.05) is 12.1 Å². The summed E-state index contributed by atoms with van der Waals surface area (Å²) in [6.45, 7) is 0. The lowest BCUT2D eigenvalue weighted by Crippen LogP contribution is -2.04. The number of carbonyl (C=O) groups excluding carboxylic acids is 1. The first kappa shape index (κ1) is 14.7. The molecule has 2 rings (SSSR count). The number of anilines is 1. The number of aliphatic hydroxyl groups excluding tert-OH is 1. The van der Waals surface area contributed by atoms with Gasteiger partial charge in [-0.2, -0.15) is 0 Å². The number of rotatable bonds is 5. The summed E-state index contributed by atoms with van der Waals surface area (Å²) in [6.07, 6.45) is 1.19. The number of nitrogens with two attached hydrogens (primary N) is 1. The van der Waals surface area contributed by atoms with Crippen LogP contribution in [0.1, 0.15) is 21.1 Å². The van der Waals surface area contributed by atoms with Gasteiger partial charge in [-0.05, 0) is 17.7 Å². The van der Waals surface area contributed by atoms with Crippen molar-refractivity contribution in [2.45, 2.75) is 6.42 Å². The number of hydrogen-bond acceptors (Lipinski definition) is 6. The number of ketones is 1. The van der Waals surface area contributed by atoms with Gasteiger partial charge in [0.15, 0.2) is 0 Å². The molecule has 0 aliphatic carbocycles. The van der Waals surface area contributed by atoms with Crippen LogP contribution in [0.25, 0.3) is 0 Å². The number of nitrogens with zero attached hydrogens (tertiary/aromatic N) is 1. The molecule has 0 spiro atoms. The van der Waals surface area contributed by atoms with E-state index in [1.165, 1.54) is 16.7 Å². The highest BCUT2D eigenvalue weighted by atomic mass is 32.1. The largest absolute Gasteiger partial charge is 0.502 e. The predicted molar refractivity (Wildman–Crippen MR) is 78.5 cm³/mol. The van der Waals surface area contributed by atoms with Crippen LogP contribution in [0.5, 0.6) is 0 Å². The van der Waals surface area contributed by atoms with Gasteiger partial charge in [-0.1, -0.05) is 12.1 Å². The Hall–Kier alpha value is -2.67. The fourth-order valence-corrected chi connectivity index (χ4v) is 2.39. The van der Waals surface area contributed by atoms with Crippen molar-refractivity contribution in [2.75, 3.05) is 5.73 Å². The van der Waals surface area contributed by atoms with Crippen LogP contribution < -0.4 is 5.73 Å². The minimum atomic E-state index is -1.55. The first-order chi connectivity index (χ1) is 9.95. The zero-order valence-corrected chi connectivity index (χ0v) is 11.6. The van der Waals surface area contributed by atoms with Crippen molar-refractivity contribution in [3.63, 3.8) is 0 Å². The molecule has 0 aliphatic heterocycles. The summed E-state index contributed by atoms with van der Waals surface area (Å²) in [5.41, 5.74) is 7.38. The lowest BCUT2D eigenvalue weighted by molar-refractivity contribution is -0.135. The van der Waals surface area contributed by atoms with Gasteiger partial charge in [-0.3, -0.25) is 4.79 Å². The summed E-state index contributed by atoms with van der Waals surface area (Å²) in [6, 6.07) is 7.30. The van der Waals surface area contributed by atoms with Crippen molar-refractivity contribution < 1.29 is 19.8 Å². The third-order valence-electron chi connectivity index (χ3n) is 2.63. The number of benzene rings is 1. The molecule has 108 valence electrons. The first-order valence-corrected chi connectivity index (χ1v) is 6.81. The fraction of sp³-hybridized carbons (Fsp3) is 0.0714. The van der Waals surface area contributed by atoms with E-state index in [0.717, 1.165) is 5.56 Å². The van der Waals surface area contributed by atoms with Crippen LogP contribution in [0, 0.1) is 0 Å². The van der Waals surface area contributed by atoms with Gasteiger partial charge >= 0.3 is 5.97 Å². The molecular weight excluding hydrogens is 292 g/mol. The number of nitrogen functional groups attached to an aromatic ring is 1. The number of thiazole rings is 1. The van der Waals surface area contributed by atoms with E-state index in [1.54, 1.807) is 12.1 Å². The highest BCUT2D eigenvalue weighted by Crippen LogP contribution is 2.16. The van der Waals surface area contributed by atoms with Crippen LogP contribution >= 0.6 is 11.3 Å². The van der Waals surface area contributed by atoms with Crippen LogP contribution in [-0.2, 0) is 11.2 Å². The third-order valence-corrected chi connectivity index (χ3v) is 3.48. The molecule has 6 nitrogen and oxygen atoms in total. The maximum atomic E-state index is 11.7. The Kier molecular flexibility index (Phi) is 4.34. The van der Waals surface area contributed by atoms with Crippen molar-refractivity contribution in [1.29, 1.82) is 0 Å². The van der Waals surface area contributed by atoms with E-state index < -0.39 is 17.5 Å². The molecule has 0 unspecified atom stereocenters. The van der Waals surface area contributed by atoms with Gasteiger partial charge in [0.25, 0.3) is 0 Å². The summed E-state index contributed by atoms with van der Waals surface area (Å²) in [5.74, 6) is -3.21. The lowest BCUT2D eigenvalue weighted by Gasteiger charge is -1.98. The molecule has 0 saturated carbocycles. The van der Waals surface area contributed by atoms with E-state index in [-0.39, 0.29) is 5.69 Å². The quantitative estimate of drug-likeness (QED) is 0.337. The lowest BCUT2D eigenvalue weighted by atomic mass is 10.1. The fourth-order valence-electron chi connectivity index (χ4n) is 1.58. The van der Waals surface area contributed by atoms with Crippen LogP contribution in [0.15, 0.2) is 41.5 Å². The average Bonchev–Trinajstić information content (AvgIpc) is 2.90. The third kappa shape index (κ3) is 3.90. The second kappa shape index (κ2) is 6.19. The number of aliphatic hydroxyl groups is 1. The van der Waals surface area contributed by atoms with E-state index in [9.17, 15) is 9.59 Å². The Labute approximate surface area is 124 Å². The van der Waals surface area contributed by atoms with Gasteiger partial charge in [0.1, 0.15) is 5.69 Å². The number of carboxylic acids is 1. The number of aliphatic carboxylic acids is 1. The molecule has 2 aromatic rings. The monoisotopic (exact) mass is 304 g/mol. The molecule has 4 N–H and O–H groups in total. The molecule has 1 aromatic carbocycles. The molecule has 0 atom stereocenters. The van der Waals surface area contributed by atoms with Gasteiger partial charge in [-0.15, -0.1) is 11.3 Å². The predicted octanol–water partition coefficient (Wildman–Crippen LogP) is 2.03. The highest BCUT2D eigenvalue weighted by Gasteiger charge is 2.13. The Morgan fingerprint density at radius 3 is 2.52 bits per heavy atom. The van der Waals surface area contributed by atoms with Gasteiger partial charge in [0.2, 0.25) is 11.5 Å². The molecule has 0 amide bonds. The number of hydrogen-bond donors (Lipinski definition) is 3. The Bertz CT molecular complexity index is 704. The molecule has 0 saturated heterocycles. The average molecular weight is 304 g/mol. The van der Waals surface area contributed by atoms with Gasteiger partial charge < -0.3 is 15.9 Å². The minimum absolute atomic E-state index is 0.109. The number of carboxylic acid groups (broad SMARTS) is 1. The second-order valence-electron chi connectivity index (χ2n) is 4.24. The number of aromatic nitrogens is 1. The van der Waals surface area contributed by atoms with Crippen LogP contribution in [0.3, 0.4) is 0 Å². The molecule has 21 heavy (non-hydrogen) atoms. The van der Waals surface area contributed by atoms with E-state index >= 15 is 0 Å².